The van der Waals surface area contributed by atoms with E-state index >= 15 is 0 Å². The highest BCUT2D eigenvalue weighted by atomic mass is 32.1. The number of aromatic nitrogens is 1. The molecular formula is C14H16N2O3S. The second-order valence-electron chi connectivity index (χ2n) is 3.97. The molecule has 1 heterocycles. The van der Waals surface area contributed by atoms with Crippen LogP contribution in [0.1, 0.15) is 17.4 Å². The first kappa shape index (κ1) is 14.5. The van der Waals surface area contributed by atoms with Gasteiger partial charge in [0.15, 0.2) is 0 Å². The third kappa shape index (κ3) is 3.55. The molecule has 2 rings (SSSR count). The van der Waals surface area contributed by atoms with E-state index in [-0.39, 0.29) is 19.1 Å². The number of hydrogen-bond donors (Lipinski definition) is 2. The zero-order chi connectivity index (χ0) is 14.4. The van der Waals surface area contributed by atoms with Crippen molar-refractivity contribution in [3.8, 4) is 16.3 Å². The lowest BCUT2D eigenvalue weighted by Gasteiger charge is -2.03. The lowest BCUT2D eigenvalue weighted by Crippen LogP contribution is -2.26. The monoisotopic (exact) mass is 292 g/mol. The minimum atomic E-state index is -0.271. The molecule has 1 aromatic heterocycles. The van der Waals surface area contributed by atoms with Crippen molar-refractivity contribution >= 4 is 17.2 Å². The molecule has 0 saturated carbocycles. The van der Waals surface area contributed by atoms with E-state index in [1.165, 1.54) is 11.3 Å². The summed E-state index contributed by atoms with van der Waals surface area (Å²) in [5.41, 5.74) is 1.31. The molecule has 0 aliphatic heterocycles. The Morgan fingerprint density at radius 1 is 1.40 bits per heavy atom. The average Bonchev–Trinajstić information content (AvgIpc) is 2.96. The van der Waals surface area contributed by atoms with E-state index in [1.54, 1.807) is 5.38 Å². The first-order chi connectivity index (χ1) is 9.74. The normalized spacial score (nSPS) is 10.3. The molecule has 2 aromatic rings. The number of nitrogens with zero attached hydrogens (tertiary/aromatic N) is 1. The first-order valence-corrected chi connectivity index (χ1v) is 7.20. The number of nitrogens with one attached hydrogen (secondary N) is 1. The molecule has 5 nitrogen and oxygen atoms in total. The van der Waals surface area contributed by atoms with E-state index in [4.69, 9.17) is 9.84 Å². The summed E-state index contributed by atoms with van der Waals surface area (Å²) < 4.78 is 5.38. The van der Waals surface area contributed by atoms with Gasteiger partial charge in [0.1, 0.15) is 16.5 Å². The van der Waals surface area contributed by atoms with E-state index in [2.05, 4.69) is 10.3 Å². The number of aliphatic hydroxyl groups is 1. The zero-order valence-electron chi connectivity index (χ0n) is 11.1. The molecule has 0 saturated heterocycles. The summed E-state index contributed by atoms with van der Waals surface area (Å²) in [6.45, 7) is 2.72. The number of thiazole rings is 1. The molecule has 0 atom stereocenters. The Kier molecular flexibility index (Phi) is 5.09. The Morgan fingerprint density at radius 3 is 2.80 bits per heavy atom. The number of amides is 1. The predicted octanol–water partition coefficient (Wildman–Crippen LogP) is 1.93. The van der Waals surface area contributed by atoms with Gasteiger partial charge in [-0.15, -0.1) is 11.3 Å². The van der Waals surface area contributed by atoms with Crippen LogP contribution in [0.2, 0.25) is 0 Å². The van der Waals surface area contributed by atoms with Crippen LogP contribution >= 0.6 is 11.3 Å². The molecule has 106 valence electrons. The summed E-state index contributed by atoms with van der Waals surface area (Å²) in [5.74, 6) is 0.543. The molecular weight excluding hydrogens is 276 g/mol. The number of hydrogen-bond acceptors (Lipinski definition) is 5. The van der Waals surface area contributed by atoms with Gasteiger partial charge in [-0.05, 0) is 31.2 Å². The molecule has 1 amide bonds. The molecule has 0 aliphatic rings. The lowest BCUT2D eigenvalue weighted by atomic mass is 10.2. The highest BCUT2D eigenvalue weighted by Gasteiger charge is 2.11. The van der Waals surface area contributed by atoms with Crippen LogP contribution in [0.25, 0.3) is 10.6 Å². The summed E-state index contributed by atoms with van der Waals surface area (Å²) in [5, 5.41) is 13.7. The molecule has 0 fully saturated rings. The number of aliphatic hydroxyl groups excluding tert-OH is 1. The maximum Gasteiger partial charge on any atom is 0.270 e. The van der Waals surface area contributed by atoms with Crippen molar-refractivity contribution in [2.45, 2.75) is 6.92 Å². The third-order valence-corrected chi connectivity index (χ3v) is 3.44. The maximum atomic E-state index is 11.7. The van der Waals surface area contributed by atoms with Gasteiger partial charge in [0.25, 0.3) is 5.91 Å². The van der Waals surface area contributed by atoms with Gasteiger partial charge in [0.05, 0.1) is 13.2 Å². The van der Waals surface area contributed by atoms with Crippen molar-refractivity contribution in [3.05, 3.63) is 35.3 Å². The molecule has 0 spiro atoms. The summed E-state index contributed by atoms with van der Waals surface area (Å²) in [6.07, 6.45) is 0. The van der Waals surface area contributed by atoms with Gasteiger partial charge in [0, 0.05) is 17.5 Å². The summed E-state index contributed by atoms with van der Waals surface area (Å²) in [6, 6.07) is 7.59. The molecule has 0 aliphatic carbocycles. The lowest BCUT2D eigenvalue weighted by molar-refractivity contribution is 0.0940. The van der Waals surface area contributed by atoms with Gasteiger partial charge in [-0.3, -0.25) is 4.79 Å². The second kappa shape index (κ2) is 7.02. The molecule has 1 aromatic carbocycles. The molecule has 0 unspecified atom stereocenters. The van der Waals surface area contributed by atoms with Crippen molar-refractivity contribution in [1.29, 1.82) is 0 Å². The Balaban J connectivity index is 2.09. The zero-order valence-corrected chi connectivity index (χ0v) is 11.9. The third-order valence-electron chi connectivity index (χ3n) is 2.55. The summed E-state index contributed by atoms with van der Waals surface area (Å²) >= 11 is 1.41. The van der Waals surface area contributed by atoms with Gasteiger partial charge in [0.2, 0.25) is 0 Å². The summed E-state index contributed by atoms with van der Waals surface area (Å²) in [4.78, 5) is 16.0. The van der Waals surface area contributed by atoms with Crippen LogP contribution in [-0.2, 0) is 0 Å². The Bertz CT molecular complexity index is 566. The van der Waals surface area contributed by atoms with Gasteiger partial charge in [-0.1, -0.05) is 0 Å². The molecule has 0 radical (unpaired) electrons. The van der Waals surface area contributed by atoms with Crippen LogP contribution in [0.3, 0.4) is 0 Å². The molecule has 0 bridgehead atoms. The van der Waals surface area contributed by atoms with Crippen LogP contribution in [-0.4, -0.2) is 35.8 Å². The fraction of sp³-hybridized carbons (Fsp3) is 0.286. The maximum absolute atomic E-state index is 11.7. The topological polar surface area (TPSA) is 71.5 Å². The quantitative estimate of drug-likeness (QED) is 0.853. The van der Waals surface area contributed by atoms with Crippen LogP contribution in [0.5, 0.6) is 5.75 Å². The summed E-state index contributed by atoms with van der Waals surface area (Å²) in [7, 11) is 0. The van der Waals surface area contributed by atoms with Crippen LogP contribution in [0.4, 0.5) is 0 Å². The number of carbonyl (C=O) groups excluding carboxylic acids is 1. The highest BCUT2D eigenvalue weighted by molar-refractivity contribution is 7.13. The molecule has 2 N–H and O–H groups in total. The fourth-order valence-corrected chi connectivity index (χ4v) is 2.44. The first-order valence-electron chi connectivity index (χ1n) is 6.32. The van der Waals surface area contributed by atoms with E-state index in [1.807, 2.05) is 31.2 Å². The van der Waals surface area contributed by atoms with Crippen LogP contribution < -0.4 is 10.1 Å². The smallest absolute Gasteiger partial charge is 0.270 e. The van der Waals surface area contributed by atoms with Crippen LogP contribution in [0.15, 0.2) is 29.6 Å². The SMILES string of the molecule is CCOc1ccc(-c2nc(C(=O)NCCO)cs2)cc1. The molecule has 20 heavy (non-hydrogen) atoms. The van der Waals surface area contributed by atoms with Crippen molar-refractivity contribution in [2.75, 3.05) is 19.8 Å². The Labute approximate surface area is 121 Å². The highest BCUT2D eigenvalue weighted by Crippen LogP contribution is 2.25. The number of rotatable bonds is 6. The van der Waals surface area contributed by atoms with E-state index < -0.39 is 0 Å². The van der Waals surface area contributed by atoms with Gasteiger partial charge >= 0.3 is 0 Å². The molecule has 6 heteroatoms. The number of carbonyl (C=O) groups is 1. The minimum Gasteiger partial charge on any atom is -0.494 e. The Morgan fingerprint density at radius 2 is 2.15 bits per heavy atom. The largest absolute Gasteiger partial charge is 0.494 e. The van der Waals surface area contributed by atoms with E-state index in [0.717, 1.165) is 16.3 Å². The second-order valence-corrected chi connectivity index (χ2v) is 4.83. The minimum absolute atomic E-state index is 0.0817. The standard InChI is InChI=1S/C14H16N2O3S/c1-2-19-11-5-3-10(4-6-11)14-16-12(9-20-14)13(18)15-7-8-17/h3-6,9,17H,2,7-8H2,1H3,(H,15,18). The average molecular weight is 292 g/mol. The van der Waals surface area contributed by atoms with Crippen molar-refractivity contribution < 1.29 is 14.6 Å². The van der Waals surface area contributed by atoms with Crippen molar-refractivity contribution in [1.82, 2.24) is 10.3 Å². The van der Waals surface area contributed by atoms with Gasteiger partial charge in [-0.25, -0.2) is 4.98 Å². The van der Waals surface area contributed by atoms with Crippen molar-refractivity contribution in [3.63, 3.8) is 0 Å². The van der Waals surface area contributed by atoms with E-state index in [9.17, 15) is 4.79 Å². The van der Waals surface area contributed by atoms with Crippen molar-refractivity contribution in [2.24, 2.45) is 0 Å². The van der Waals surface area contributed by atoms with Gasteiger partial charge < -0.3 is 15.2 Å². The fourth-order valence-electron chi connectivity index (χ4n) is 1.63. The van der Waals surface area contributed by atoms with Gasteiger partial charge in [-0.2, -0.15) is 0 Å². The number of ether oxygens (including phenoxy) is 1. The Hall–Kier alpha value is -1.92. The number of benzene rings is 1. The van der Waals surface area contributed by atoms with Crippen LogP contribution in [0, 0.1) is 0 Å². The predicted molar refractivity (Wildman–Crippen MR) is 78.1 cm³/mol. The van der Waals surface area contributed by atoms with E-state index in [0.29, 0.717) is 12.3 Å².